The number of benzene rings is 4. The molecule has 12 heteroatoms. The van der Waals surface area contributed by atoms with Crippen molar-refractivity contribution in [3.63, 3.8) is 0 Å². The largest absolute Gasteiger partial charge is 0.481 e. The highest BCUT2D eigenvalue weighted by Crippen LogP contribution is 2.43. The van der Waals surface area contributed by atoms with Crippen LogP contribution in [0.5, 0.6) is 23.0 Å². The van der Waals surface area contributed by atoms with Gasteiger partial charge in [-0.3, -0.25) is 0 Å². The summed E-state index contributed by atoms with van der Waals surface area (Å²) in [6.45, 7) is 19.5. The van der Waals surface area contributed by atoms with Crippen LogP contribution in [-0.4, -0.2) is 76.7 Å². The van der Waals surface area contributed by atoms with Crippen LogP contribution in [0.3, 0.4) is 0 Å². The summed E-state index contributed by atoms with van der Waals surface area (Å²) in [4.78, 5) is 52.5. The Morgan fingerprint density at radius 1 is 0.377 bits per heavy atom. The predicted molar refractivity (Wildman–Crippen MR) is 264 cm³/mol. The Morgan fingerprint density at radius 2 is 0.609 bits per heavy atom. The number of aryl methyl sites for hydroxylation is 2. The van der Waals surface area contributed by atoms with Crippen molar-refractivity contribution >= 4 is 23.9 Å². The van der Waals surface area contributed by atoms with E-state index in [4.69, 9.17) is 37.9 Å². The smallest absolute Gasteiger partial charge is 0.344 e. The molecular weight excluding hydrogens is 877 g/mol. The standard InChI is InChI=1S/C57H72O12/c1-11-62-48(58)32-66-52-38-20-36-18-16-15-17-19-37-22-40(26-44-30-46(56(5,6)7)28-42(24-38)54(44)68-34-50(60)64-13-3)53(67-33-49(59)63-12-2)41(23-37)27-45-31-47(57(8,9)10)29-43(25-39(52)21-36)55(45)69-35-51(61)65-14-4/h20-23,28-31H,11-19,24-27,32-35H2,1-10H3. The van der Waals surface area contributed by atoms with Crippen LogP contribution in [0.4, 0.5) is 0 Å². The summed E-state index contributed by atoms with van der Waals surface area (Å²) in [5.41, 5.74) is 10.2. The van der Waals surface area contributed by atoms with Gasteiger partial charge in [0.15, 0.2) is 26.4 Å². The van der Waals surface area contributed by atoms with E-state index < -0.39 is 23.9 Å². The van der Waals surface area contributed by atoms with Gasteiger partial charge in [0, 0.05) is 25.7 Å². The molecule has 0 N–H and O–H groups in total. The van der Waals surface area contributed by atoms with Gasteiger partial charge in [0.05, 0.1) is 26.4 Å². The first-order valence-electron chi connectivity index (χ1n) is 24.7. The zero-order valence-corrected chi connectivity index (χ0v) is 42.5. The fraction of sp³-hybridized carbons (Fsp3) is 0.509. The van der Waals surface area contributed by atoms with Gasteiger partial charge in [0.2, 0.25) is 0 Å². The third-order valence-corrected chi connectivity index (χ3v) is 12.3. The van der Waals surface area contributed by atoms with Gasteiger partial charge in [-0.25, -0.2) is 19.2 Å². The Morgan fingerprint density at radius 3 is 0.826 bits per heavy atom. The molecular formula is C57H72O12. The van der Waals surface area contributed by atoms with Gasteiger partial charge >= 0.3 is 23.9 Å². The van der Waals surface area contributed by atoms with E-state index in [0.717, 1.165) is 98.9 Å². The van der Waals surface area contributed by atoms with Gasteiger partial charge < -0.3 is 37.9 Å². The molecule has 372 valence electrons. The molecule has 3 aliphatic rings. The molecule has 0 spiro atoms. The molecule has 0 fully saturated rings. The summed E-state index contributed by atoms with van der Waals surface area (Å²) in [6, 6.07) is 17.2. The summed E-state index contributed by atoms with van der Waals surface area (Å²) in [5, 5.41) is 0. The van der Waals surface area contributed by atoms with Crippen LogP contribution in [0.2, 0.25) is 0 Å². The maximum Gasteiger partial charge on any atom is 0.344 e. The second-order valence-corrected chi connectivity index (χ2v) is 19.9. The van der Waals surface area contributed by atoms with Crippen molar-refractivity contribution < 1.29 is 57.1 Å². The van der Waals surface area contributed by atoms with E-state index in [-0.39, 0.29) is 63.7 Å². The van der Waals surface area contributed by atoms with Gasteiger partial charge in [0.1, 0.15) is 23.0 Å². The first-order chi connectivity index (χ1) is 32.9. The number of ether oxygens (including phenoxy) is 8. The summed E-state index contributed by atoms with van der Waals surface area (Å²) in [6.07, 6.45) is 5.65. The lowest BCUT2D eigenvalue weighted by atomic mass is 9.81. The summed E-state index contributed by atoms with van der Waals surface area (Å²) in [5.74, 6) is 0.116. The first-order valence-corrected chi connectivity index (χ1v) is 24.7. The molecule has 3 aliphatic carbocycles. The predicted octanol–water partition coefficient (Wildman–Crippen LogP) is 9.99. The lowest BCUT2D eigenvalue weighted by molar-refractivity contribution is -0.146. The molecule has 0 amide bonds. The second-order valence-electron chi connectivity index (χ2n) is 19.9. The molecule has 7 rings (SSSR count). The fourth-order valence-electron chi connectivity index (χ4n) is 9.10. The van der Waals surface area contributed by atoms with Crippen LogP contribution in [0, 0.1) is 0 Å². The average molecular weight is 949 g/mol. The molecule has 0 saturated carbocycles. The summed E-state index contributed by atoms with van der Waals surface area (Å²) in [7, 11) is 0. The lowest BCUT2D eigenvalue weighted by Gasteiger charge is -2.27. The van der Waals surface area contributed by atoms with E-state index in [0.29, 0.717) is 48.7 Å². The first kappa shape index (κ1) is 52.3. The van der Waals surface area contributed by atoms with Crippen LogP contribution in [0.15, 0.2) is 48.5 Å². The Kier molecular flexibility index (Phi) is 17.8. The molecule has 10 bridgehead atoms. The van der Waals surface area contributed by atoms with Crippen molar-refractivity contribution in [3.05, 3.63) is 115 Å². The highest BCUT2D eigenvalue weighted by atomic mass is 16.6. The maximum absolute atomic E-state index is 13.1. The molecule has 12 nitrogen and oxygen atoms in total. The fourth-order valence-corrected chi connectivity index (χ4v) is 9.10. The van der Waals surface area contributed by atoms with E-state index in [1.807, 2.05) is 0 Å². The normalized spacial score (nSPS) is 13.5. The molecule has 0 heterocycles. The number of carbonyl (C=O) groups is 4. The highest BCUT2D eigenvalue weighted by Gasteiger charge is 2.29. The lowest BCUT2D eigenvalue weighted by Crippen LogP contribution is -2.20. The molecule has 0 saturated heterocycles. The third-order valence-electron chi connectivity index (χ3n) is 12.3. The van der Waals surface area contributed by atoms with E-state index in [2.05, 4.69) is 90.1 Å². The number of fused-ring (bicyclic) bond motifs is 4. The van der Waals surface area contributed by atoms with E-state index >= 15 is 0 Å². The zero-order valence-electron chi connectivity index (χ0n) is 42.5. The summed E-state index contributed by atoms with van der Waals surface area (Å²) >= 11 is 0. The van der Waals surface area contributed by atoms with Gasteiger partial charge in [-0.2, -0.15) is 0 Å². The number of esters is 4. The number of rotatable bonds is 16. The molecule has 0 aromatic heterocycles. The Labute approximate surface area is 408 Å². The van der Waals surface area contributed by atoms with Crippen molar-refractivity contribution in [2.75, 3.05) is 52.9 Å². The van der Waals surface area contributed by atoms with Crippen molar-refractivity contribution in [2.24, 2.45) is 0 Å². The molecule has 4 aromatic carbocycles. The maximum atomic E-state index is 13.1. The Bertz CT molecular complexity index is 2220. The van der Waals surface area contributed by atoms with Crippen LogP contribution < -0.4 is 18.9 Å². The third kappa shape index (κ3) is 14.0. The van der Waals surface area contributed by atoms with Crippen LogP contribution >= 0.6 is 0 Å². The van der Waals surface area contributed by atoms with Crippen molar-refractivity contribution in [3.8, 4) is 23.0 Å². The van der Waals surface area contributed by atoms with E-state index in [9.17, 15) is 19.2 Å². The topological polar surface area (TPSA) is 142 Å². The van der Waals surface area contributed by atoms with Crippen molar-refractivity contribution in [2.45, 2.75) is 138 Å². The number of hydrogen-bond donors (Lipinski definition) is 0. The molecule has 0 unspecified atom stereocenters. The zero-order chi connectivity index (χ0) is 49.9. The monoisotopic (exact) mass is 949 g/mol. The minimum Gasteiger partial charge on any atom is -0.481 e. The van der Waals surface area contributed by atoms with Crippen LogP contribution in [0.1, 0.15) is 155 Å². The van der Waals surface area contributed by atoms with Gasteiger partial charge in [-0.05, 0) is 131 Å². The molecule has 69 heavy (non-hydrogen) atoms. The Balaban J connectivity index is 1.77. The average Bonchev–Trinajstić information content (AvgIpc) is 3.26. The quantitative estimate of drug-likeness (QED) is 0.0687. The number of hydrogen-bond acceptors (Lipinski definition) is 12. The second kappa shape index (κ2) is 23.5. The Hall–Kier alpha value is -6.04. The van der Waals surface area contributed by atoms with Crippen LogP contribution in [-0.2, 0) is 87.5 Å². The minimum absolute atomic E-state index is 0.201. The van der Waals surface area contributed by atoms with Gasteiger partial charge in [-0.1, -0.05) is 96.5 Å². The minimum atomic E-state index is -0.499. The van der Waals surface area contributed by atoms with E-state index in [1.54, 1.807) is 27.7 Å². The molecule has 0 atom stereocenters. The van der Waals surface area contributed by atoms with Gasteiger partial charge in [-0.15, -0.1) is 0 Å². The molecule has 4 aromatic rings. The van der Waals surface area contributed by atoms with E-state index in [1.165, 1.54) is 0 Å². The van der Waals surface area contributed by atoms with Crippen molar-refractivity contribution in [1.82, 2.24) is 0 Å². The number of carbonyl (C=O) groups excluding carboxylic acids is 4. The molecule has 0 aliphatic heterocycles. The van der Waals surface area contributed by atoms with Crippen molar-refractivity contribution in [1.29, 1.82) is 0 Å². The summed E-state index contributed by atoms with van der Waals surface area (Å²) < 4.78 is 48.1. The molecule has 0 radical (unpaired) electrons. The SMILES string of the molecule is CCOC(=O)COc1c2cc3cc1Cc1cc(C(C)(C)C)cc(c1OCC(=O)OCC)Cc1cc(cc(c1OCC(=O)OCC)Cc1cc(C(C)(C)C)cc(c1OCC(=O)OCC)C2)CCCCC3. The van der Waals surface area contributed by atoms with Crippen LogP contribution in [0.25, 0.3) is 0 Å². The van der Waals surface area contributed by atoms with Gasteiger partial charge in [0.25, 0.3) is 0 Å². The highest BCUT2D eigenvalue weighted by molar-refractivity contribution is 5.73.